The molecule has 8 heteroatoms. The molecular weight excluding hydrogens is 377 g/mol. The molecule has 2 N–H and O–H groups in total. The van der Waals surface area contributed by atoms with E-state index >= 15 is 0 Å². The number of benzene rings is 2. The maximum atomic E-state index is 12.0. The lowest BCUT2D eigenvalue weighted by Gasteiger charge is -2.07. The molecule has 0 spiro atoms. The van der Waals surface area contributed by atoms with E-state index in [1.54, 1.807) is 37.3 Å². The largest absolute Gasteiger partial charge is 0.484 e. The molecule has 2 rings (SSSR count). The summed E-state index contributed by atoms with van der Waals surface area (Å²) in [5.74, 6) is -0.123. The fourth-order valence-corrected chi connectivity index (χ4v) is 2.20. The molecule has 2 aromatic rings. The average molecular weight is 394 g/mol. The lowest BCUT2D eigenvalue weighted by atomic mass is 10.2. The van der Waals surface area contributed by atoms with Gasteiger partial charge >= 0.3 is 0 Å². The van der Waals surface area contributed by atoms with Gasteiger partial charge in [0.15, 0.2) is 6.61 Å². The number of halogens is 2. The average Bonchev–Trinajstić information content (AvgIpc) is 2.62. The quantitative estimate of drug-likeness (QED) is 0.552. The molecule has 26 heavy (non-hydrogen) atoms. The second kappa shape index (κ2) is 9.79. The van der Waals surface area contributed by atoms with Crippen LogP contribution in [-0.2, 0) is 9.59 Å². The molecule has 6 nitrogen and oxygen atoms in total. The molecule has 2 aromatic carbocycles. The normalized spacial score (nSPS) is 11.0. The van der Waals surface area contributed by atoms with Crippen LogP contribution in [0, 0.1) is 0 Å². The zero-order valence-corrected chi connectivity index (χ0v) is 15.5. The van der Waals surface area contributed by atoms with Crippen molar-refractivity contribution in [2.24, 2.45) is 5.10 Å². The SMILES string of the molecule is C/C(CC(=O)Nc1ccc(Cl)c(Cl)c1)=N\NC(=O)COc1ccccc1. The molecule has 2 amide bonds. The summed E-state index contributed by atoms with van der Waals surface area (Å²) in [6, 6.07) is 13.7. The molecular formula is C18H17Cl2N3O3. The van der Waals surface area contributed by atoms with Gasteiger partial charge in [-0.05, 0) is 37.3 Å². The molecule has 0 unspecified atom stereocenters. The Bertz CT molecular complexity index is 811. The highest BCUT2D eigenvalue weighted by atomic mass is 35.5. The molecule has 0 atom stereocenters. The number of rotatable bonds is 7. The highest BCUT2D eigenvalue weighted by molar-refractivity contribution is 6.42. The summed E-state index contributed by atoms with van der Waals surface area (Å²) in [6.45, 7) is 1.46. The number of carbonyl (C=O) groups is 2. The third-order valence-electron chi connectivity index (χ3n) is 3.10. The molecule has 136 valence electrons. The fraction of sp³-hybridized carbons (Fsp3) is 0.167. The Morgan fingerprint density at radius 2 is 1.77 bits per heavy atom. The summed E-state index contributed by atoms with van der Waals surface area (Å²) in [5.41, 5.74) is 3.31. The van der Waals surface area contributed by atoms with Gasteiger partial charge in [0.25, 0.3) is 5.91 Å². The second-order valence-corrected chi connectivity index (χ2v) is 6.15. The second-order valence-electron chi connectivity index (χ2n) is 5.34. The van der Waals surface area contributed by atoms with Crippen molar-refractivity contribution >= 4 is 46.4 Å². The zero-order chi connectivity index (χ0) is 18.9. The number of ether oxygens (including phenoxy) is 1. The number of hydrazone groups is 1. The van der Waals surface area contributed by atoms with Gasteiger partial charge in [-0.15, -0.1) is 0 Å². The number of nitrogens with zero attached hydrogens (tertiary/aromatic N) is 1. The molecule has 0 heterocycles. The van der Waals surface area contributed by atoms with Crippen molar-refractivity contribution in [3.05, 3.63) is 58.6 Å². The fourth-order valence-electron chi connectivity index (χ4n) is 1.91. The van der Waals surface area contributed by atoms with Gasteiger partial charge in [0.2, 0.25) is 5.91 Å². The lowest BCUT2D eigenvalue weighted by Crippen LogP contribution is -2.26. The summed E-state index contributed by atoms with van der Waals surface area (Å²) >= 11 is 11.7. The monoisotopic (exact) mass is 393 g/mol. The van der Waals surface area contributed by atoms with Crippen molar-refractivity contribution in [2.75, 3.05) is 11.9 Å². The molecule has 0 radical (unpaired) electrons. The first-order chi connectivity index (χ1) is 12.4. The summed E-state index contributed by atoms with van der Waals surface area (Å²) < 4.78 is 5.30. The first kappa shape index (κ1) is 19.8. The van der Waals surface area contributed by atoms with Gasteiger partial charge in [0.05, 0.1) is 16.5 Å². The van der Waals surface area contributed by atoms with E-state index in [2.05, 4.69) is 15.8 Å². The number of nitrogens with one attached hydrogen (secondary N) is 2. The smallest absolute Gasteiger partial charge is 0.277 e. The van der Waals surface area contributed by atoms with E-state index in [0.717, 1.165) is 0 Å². The maximum Gasteiger partial charge on any atom is 0.277 e. The topological polar surface area (TPSA) is 79.8 Å². The van der Waals surface area contributed by atoms with Gasteiger partial charge in [-0.2, -0.15) is 5.10 Å². The standard InChI is InChI=1S/C18H17Cl2N3O3/c1-12(9-17(24)21-13-7-8-15(19)16(20)10-13)22-23-18(25)11-26-14-5-3-2-4-6-14/h2-8,10H,9,11H2,1H3,(H,21,24)(H,23,25)/b22-12+. The molecule has 0 aromatic heterocycles. The van der Waals surface area contributed by atoms with Gasteiger partial charge in [0, 0.05) is 11.4 Å². The summed E-state index contributed by atoms with van der Waals surface area (Å²) in [4.78, 5) is 23.7. The van der Waals surface area contributed by atoms with E-state index < -0.39 is 5.91 Å². The third kappa shape index (κ3) is 6.74. The number of hydrogen-bond acceptors (Lipinski definition) is 4. The Morgan fingerprint density at radius 1 is 1.04 bits per heavy atom. The molecule has 0 bridgehead atoms. The first-order valence-electron chi connectivity index (χ1n) is 7.69. The molecule has 0 aliphatic rings. The Balaban J connectivity index is 1.76. The minimum Gasteiger partial charge on any atom is -0.484 e. The van der Waals surface area contributed by atoms with Gasteiger partial charge in [0.1, 0.15) is 5.75 Å². The first-order valence-corrected chi connectivity index (χ1v) is 8.44. The Hall–Kier alpha value is -2.57. The molecule has 0 saturated carbocycles. The van der Waals surface area contributed by atoms with E-state index in [4.69, 9.17) is 27.9 Å². The van der Waals surface area contributed by atoms with Crippen molar-refractivity contribution in [3.8, 4) is 5.75 Å². The molecule has 0 aliphatic heterocycles. The Labute approximate surface area is 161 Å². The van der Waals surface area contributed by atoms with Crippen LogP contribution in [0.1, 0.15) is 13.3 Å². The number of amides is 2. The summed E-state index contributed by atoms with van der Waals surface area (Å²) in [6.07, 6.45) is 0.0140. The third-order valence-corrected chi connectivity index (χ3v) is 3.84. The van der Waals surface area contributed by atoms with Gasteiger partial charge in [-0.3, -0.25) is 9.59 Å². The highest BCUT2D eigenvalue weighted by Crippen LogP contribution is 2.25. The van der Waals surface area contributed by atoms with Crippen LogP contribution >= 0.6 is 23.2 Å². The van der Waals surface area contributed by atoms with Crippen LogP contribution in [-0.4, -0.2) is 24.1 Å². The lowest BCUT2D eigenvalue weighted by molar-refractivity contribution is -0.123. The van der Waals surface area contributed by atoms with Crippen LogP contribution < -0.4 is 15.5 Å². The van der Waals surface area contributed by atoms with Crippen molar-refractivity contribution in [1.29, 1.82) is 0 Å². The Morgan fingerprint density at radius 3 is 2.46 bits per heavy atom. The molecule has 0 aliphatic carbocycles. The van der Waals surface area contributed by atoms with E-state index in [9.17, 15) is 9.59 Å². The van der Waals surface area contributed by atoms with Crippen molar-refractivity contribution in [1.82, 2.24) is 5.43 Å². The van der Waals surface area contributed by atoms with E-state index in [1.807, 2.05) is 18.2 Å². The number of para-hydroxylation sites is 1. The van der Waals surface area contributed by atoms with Crippen LogP contribution in [0.2, 0.25) is 10.0 Å². The predicted molar refractivity (Wildman–Crippen MR) is 103 cm³/mol. The minimum atomic E-state index is -0.418. The van der Waals surface area contributed by atoms with Crippen LogP contribution in [0.5, 0.6) is 5.75 Å². The van der Waals surface area contributed by atoms with E-state index in [-0.39, 0.29) is 18.9 Å². The van der Waals surface area contributed by atoms with Crippen molar-refractivity contribution in [2.45, 2.75) is 13.3 Å². The van der Waals surface area contributed by atoms with Gasteiger partial charge in [-0.1, -0.05) is 41.4 Å². The minimum absolute atomic E-state index is 0.0140. The highest BCUT2D eigenvalue weighted by Gasteiger charge is 2.07. The molecule has 0 fully saturated rings. The van der Waals surface area contributed by atoms with Crippen molar-refractivity contribution < 1.29 is 14.3 Å². The van der Waals surface area contributed by atoms with Crippen LogP contribution in [0.3, 0.4) is 0 Å². The van der Waals surface area contributed by atoms with Crippen LogP contribution in [0.4, 0.5) is 5.69 Å². The van der Waals surface area contributed by atoms with Crippen molar-refractivity contribution in [3.63, 3.8) is 0 Å². The van der Waals surface area contributed by atoms with Crippen LogP contribution in [0.25, 0.3) is 0 Å². The van der Waals surface area contributed by atoms with E-state index in [1.165, 1.54) is 0 Å². The predicted octanol–water partition coefficient (Wildman–Crippen LogP) is 3.89. The number of carbonyl (C=O) groups excluding carboxylic acids is 2. The van der Waals surface area contributed by atoms with E-state index in [0.29, 0.717) is 27.2 Å². The van der Waals surface area contributed by atoms with Gasteiger partial charge in [-0.25, -0.2) is 5.43 Å². The van der Waals surface area contributed by atoms with Crippen LogP contribution in [0.15, 0.2) is 53.6 Å². The summed E-state index contributed by atoms with van der Waals surface area (Å²) in [5, 5.41) is 7.31. The molecule has 0 saturated heterocycles. The van der Waals surface area contributed by atoms with Gasteiger partial charge < -0.3 is 10.1 Å². The Kier molecular flexibility index (Phi) is 7.44. The maximum absolute atomic E-state index is 12.0. The zero-order valence-electron chi connectivity index (χ0n) is 14.0. The summed E-state index contributed by atoms with van der Waals surface area (Å²) in [7, 11) is 0. The number of anilines is 1. The number of hydrogen-bond donors (Lipinski definition) is 2.